The Bertz CT molecular complexity index is 518. The van der Waals surface area contributed by atoms with E-state index < -0.39 is 16.2 Å². The lowest BCUT2D eigenvalue weighted by molar-refractivity contribution is 0.258. The summed E-state index contributed by atoms with van der Waals surface area (Å²) in [7, 11) is -3.65. The van der Waals surface area contributed by atoms with Gasteiger partial charge in [0.05, 0.1) is 6.20 Å². The van der Waals surface area contributed by atoms with Crippen molar-refractivity contribution in [2.75, 3.05) is 6.54 Å². The van der Waals surface area contributed by atoms with Gasteiger partial charge < -0.3 is 0 Å². The summed E-state index contributed by atoms with van der Waals surface area (Å²) in [6, 6.07) is 1.38. The molecule has 7 nitrogen and oxygen atoms in total. The number of aromatic nitrogens is 2. The largest absolute Gasteiger partial charge is 0.266 e. The van der Waals surface area contributed by atoms with Gasteiger partial charge in [0.1, 0.15) is 6.17 Å². The lowest BCUT2D eigenvalue weighted by Crippen LogP contribution is -2.42. The molecule has 92 valence electrons. The maximum atomic E-state index is 12.2. The molecule has 0 spiro atoms. The van der Waals surface area contributed by atoms with Crippen molar-refractivity contribution in [3.63, 3.8) is 0 Å². The minimum atomic E-state index is -3.65. The molecule has 1 aliphatic rings. The number of aliphatic imine (C=N–C) groups is 1. The molecular formula is C9H12N4O3S. The summed E-state index contributed by atoms with van der Waals surface area (Å²) in [6.45, 7) is 0.358. The fraction of sp³-hybridized carbons (Fsp3) is 0.556. The molecule has 17 heavy (non-hydrogen) atoms. The van der Waals surface area contributed by atoms with Gasteiger partial charge in [-0.25, -0.2) is 13.2 Å². The third-order valence-corrected chi connectivity index (χ3v) is 4.51. The second-order valence-corrected chi connectivity index (χ2v) is 5.59. The van der Waals surface area contributed by atoms with Crippen LogP contribution in [0, 0.1) is 0 Å². The van der Waals surface area contributed by atoms with E-state index in [0.717, 1.165) is 12.8 Å². The van der Waals surface area contributed by atoms with Gasteiger partial charge in [-0.3, -0.25) is 5.10 Å². The van der Waals surface area contributed by atoms with Crippen molar-refractivity contribution in [2.45, 2.75) is 30.5 Å². The van der Waals surface area contributed by atoms with Crippen LogP contribution < -0.4 is 0 Å². The van der Waals surface area contributed by atoms with E-state index in [-0.39, 0.29) is 5.03 Å². The van der Waals surface area contributed by atoms with Crippen molar-refractivity contribution in [2.24, 2.45) is 4.99 Å². The van der Waals surface area contributed by atoms with Crippen molar-refractivity contribution in [3.8, 4) is 0 Å². The van der Waals surface area contributed by atoms with E-state index in [9.17, 15) is 13.2 Å². The molecule has 8 heteroatoms. The molecule has 0 aromatic carbocycles. The van der Waals surface area contributed by atoms with E-state index in [1.54, 1.807) is 0 Å². The number of nitrogens with one attached hydrogen (secondary N) is 1. The number of nitrogens with zero attached hydrogens (tertiary/aromatic N) is 3. The van der Waals surface area contributed by atoms with Crippen molar-refractivity contribution < 1.29 is 13.2 Å². The van der Waals surface area contributed by atoms with Gasteiger partial charge in [0.25, 0.3) is 10.0 Å². The Kier molecular flexibility index (Phi) is 3.37. The van der Waals surface area contributed by atoms with Crippen LogP contribution in [0.15, 0.2) is 22.3 Å². The minimum absolute atomic E-state index is 0.0190. The van der Waals surface area contributed by atoms with Gasteiger partial charge in [-0.05, 0) is 25.3 Å². The third kappa shape index (κ3) is 2.28. The van der Waals surface area contributed by atoms with Crippen LogP contribution >= 0.6 is 0 Å². The normalized spacial score (nSPS) is 22.0. The Hall–Kier alpha value is -1.50. The Morgan fingerprint density at radius 1 is 1.53 bits per heavy atom. The molecule has 1 aliphatic heterocycles. The third-order valence-electron chi connectivity index (χ3n) is 2.69. The topological polar surface area (TPSA) is 95.5 Å². The predicted molar refractivity (Wildman–Crippen MR) is 58.2 cm³/mol. The molecule has 1 atom stereocenters. The maximum Gasteiger partial charge on any atom is 0.261 e. The summed E-state index contributed by atoms with van der Waals surface area (Å²) < 4.78 is 25.6. The summed E-state index contributed by atoms with van der Waals surface area (Å²) in [5.74, 6) is 0. The molecule has 0 saturated carbocycles. The summed E-state index contributed by atoms with van der Waals surface area (Å²) in [5, 5.41) is 6.05. The molecule has 0 bridgehead atoms. The minimum Gasteiger partial charge on any atom is -0.266 e. The van der Waals surface area contributed by atoms with Gasteiger partial charge in [0.2, 0.25) is 6.08 Å². The molecule has 2 heterocycles. The molecule has 0 radical (unpaired) electrons. The lowest BCUT2D eigenvalue weighted by Gasteiger charge is -2.30. The van der Waals surface area contributed by atoms with Gasteiger partial charge in [-0.15, -0.1) is 0 Å². The first kappa shape index (κ1) is 12.0. The quantitative estimate of drug-likeness (QED) is 0.619. The van der Waals surface area contributed by atoms with Gasteiger partial charge >= 0.3 is 0 Å². The summed E-state index contributed by atoms with van der Waals surface area (Å²) >= 11 is 0. The van der Waals surface area contributed by atoms with E-state index in [2.05, 4.69) is 15.2 Å². The monoisotopic (exact) mass is 256 g/mol. The maximum absolute atomic E-state index is 12.2. The number of piperidine rings is 1. The summed E-state index contributed by atoms with van der Waals surface area (Å²) in [5.41, 5.74) is 0. The van der Waals surface area contributed by atoms with Crippen LogP contribution in [0.1, 0.15) is 19.3 Å². The highest BCUT2D eigenvalue weighted by molar-refractivity contribution is 7.89. The van der Waals surface area contributed by atoms with E-state index >= 15 is 0 Å². The van der Waals surface area contributed by atoms with Gasteiger partial charge in [0.15, 0.2) is 5.03 Å². The second-order valence-electron chi connectivity index (χ2n) is 3.73. The molecule has 1 aromatic heterocycles. The highest BCUT2D eigenvalue weighted by Gasteiger charge is 2.34. The molecule has 2 rings (SSSR count). The number of hydrogen-bond acceptors (Lipinski definition) is 5. The van der Waals surface area contributed by atoms with Crippen molar-refractivity contribution in [3.05, 3.63) is 12.3 Å². The van der Waals surface area contributed by atoms with Crippen LogP contribution in [0.25, 0.3) is 0 Å². The number of H-pyrrole nitrogens is 1. The molecule has 1 saturated heterocycles. The highest BCUT2D eigenvalue weighted by Crippen LogP contribution is 2.24. The number of isocyanates is 1. The first-order chi connectivity index (χ1) is 8.16. The molecule has 1 aromatic rings. The van der Waals surface area contributed by atoms with Crippen molar-refractivity contribution in [1.29, 1.82) is 0 Å². The predicted octanol–water partition coefficient (Wildman–Crippen LogP) is 0.246. The smallest absolute Gasteiger partial charge is 0.261 e. The van der Waals surface area contributed by atoms with Gasteiger partial charge in [0, 0.05) is 6.54 Å². The van der Waals surface area contributed by atoms with Crippen LogP contribution in [0.3, 0.4) is 0 Å². The molecule has 1 fully saturated rings. The highest BCUT2D eigenvalue weighted by atomic mass is 32.2. The molecule has 0 aliphatic carbocycles. The van der Waals surface area contributed by atoms with Crippen LogP contribution in [-0.2, 0) is 14.8 Å². The van der Waals surface area contributed by atoms with Crippen molar-refractivity contribution >= 4 is 16.1 Å². The van der Waals surface area contributed by atoms with Crippen LogP contribution in [-0.4, -0.2) is 41.7 Å². The zero-order valence-corrected chi connectivity index (χ0v) is 9.85. The zero-order chi connectivity index (χ0) is 12.3. The first-order valence-corrected chi connectivity index (χ1v) is 6.68. The van der Waals surface area contributed by atoms with Crippen LogP contribution in [0.2, 0.25) is 0 Å². The van der Waals surface area contributed by atoms with Crippen LogP contribution in [0.4, 0.5) is 0 Å². The van der Waals surface area contributed by atoms with E-state index in [4.69, 9.17) is 0 Å². The Labute approximate surface area is 98.6 Å². The van der Waals surface area contributed by atoms with Gasteiger partial charge in [-0.2, -0.15) is 14.4 Å². The van der Waals surface area contributed by atoms with E-state index in [1.165, 1.54) is 22.6 Å². The zero-order valence-electron chi connectivity index (χ0n) is 9.04. The second kappa shape index (κ2) is 4.79. The Balaban J connectivity index is 2.34. The number of aromatic amines is 1. The molecule has 0 amide bonds. The average Bonchev–Trinajstić information content (AvgIpc) is 2.84. The Morgan fingerprint density at radius 3 is 3.00 bits per heavy atom. The first-order valence-electron chi connectivity index (χ1n) is 5.24. The molecule has 1 N–H and O–H groups in total. The number of hydrogen-bond donors (Lipinski definition) is 1. The number of rotatable bonds is 3. The molecular weight excluding hydrogens is 244 g/mol. The fourth-order valence-corrected chi connectivity index (χ4v) is 3.37. The summed E-state index contributed by atoms with van der Waals surface area (Å²) in [6.07, 6.45) is 4.31. The van der Waals surface area contributed by atoms with E-state index in [0.29, 0.717) is 13.0 Å². The fourth-order valence-electron chi connectivity index (χ4n) is 1.87. The Morgan fingerprint density at radius 2 is 2.35 bits per heavy atom. The number of carbonyl (C=O) groups excluding carboxylic acids is 1. The summed E-state index contributed by atoms with van der Waals surface area (Å²) in [4.78, 5) is 13.8. The van der Waals surface area contributed by atoms with Crippen LogP contribution in [0.5, 0.6) is 0 Å². The number of sulfonamides is 1. The standard InChI is InChI=1S/C9H12N4O3S/c14-7-10-8-3-1-2-6-13(8)17(15,16)9-4-5-11-12-9/h4-5,8H,1-3,6H2,(H,11,12). The lowest BCUT2D eigenvalue weighted by atomic mass is 10.1. The van der Waals surface area contributed by atoms with Crippen molar-refractivity contribution in [1.82, 2.24) is 14.5 Å². The molecule has 1 unspecified atom stereocenters. The van der Waals surface area contributed by atoms with E-state index in [1.807, 2.05) is 0 Å². The van der Waals surface area contributed by atoms with Gasteiger partial charge in [-0.1, -0.05) is 0 Å². The average molecular weight is 256 g/mol. The SMILES string of the molecule is O=C=NC1CCCCN1S(=O)(=O)c1ccn[nH]1.